The topological polar surface area (TPSA) is 56.5 Å². The molecule has 1 aliphatic heterocycles. The third-order valence-corrected chi connectivity index (χ3v) is 6.24. The fourth-order valence-electron chi connectivity index (χ4n) is 4.49. The van der Waals surface area contributed by atoms with Crippen LogP contribution in [-0.2, 0) is 5.41 Å². The maximum atomic E-state index is 9.32. The third-order valence-electron chi connectivity index (χ3n) is 6.24. The fraction of sp³-hybridized carbons (Fsp3) is 0.345. The zero-order chi connectivity index (χ0) is 23.4. The van der Waals surface area contributed by atoms with Gasteiger partial charge in [-0.15, -0.1) is 0 Å². The highest BCUT2D eigenvalue weighted by atomic mass is 16.5. The fourth-order valence-corrected chi connectivity index (χ4v) is 4.49. The second-order valence-corrected chi connectivity index (χ2v) is 9.65. The first-order valence-electron chi connectivity index (χ1n) is 11.7. The number of anilines is 1. The number of hydrogen-bond donors (Lipinski definition) is 1. The minimum absolute atomic E-state index is 0.00475. The molecule has 0 aliphatic carbocycles. The Morgan fingerprint density at radius 1 is 0.909 bits per heavy atom. The Kier molecular flexibility index (Phi) is 6.72. The van der Waals surface area contributed by atoms with Crippen LogP contribution >= 0.6 is 0 Å². The molecule has 33 heavy (non-hydrogen) atoms. The molecular formula is C29H32N2O2. The van der Waals surface area contributed by atoms with E-state index >= 15 is 0 Å². The van der Waals surface area contributed by atoms with Crippen molar-refractivity contribution in [2.75, 3.05) is 31.2 Å². The van der Waals surface area contributed by atoms with Crippen molar-refractivity contribution in [2.45, 2.75) is 39.0 Å². The normalized spacial score (nSPS) is 13.7. The molecule has 0 radical (unpaired) electrons. The van der Waals surface area contributed by atoms with E-state index < -0.39 is 0 Å². The average molecular weight is 441 g/mol. The van der Waals surface area contributed by atoms with E-state index in [1.807, 2.05) is 36.4 Å². The molecule has 1 saturated heterocycles. The van der Waals surface area contributed by atoms with E-state index in [9.17, 15) is 5.11 Å². The van der Waals surface area contributed by atoms with Crippen molar-refractivity contribution >= 4 is 5.69 Å². The minimum atomic E-state index is -0.0298. The van der Waals surface area contributed by atoms with Crippen LogP contribution in [0.3, 0.4) is 0 Å². The van der Waals surface area contributed by atoms with E-state index in [4.69, 9.17) is 10.00 Å². The van der Waals surface area contributed by atoms with Gasteiger partial charge >= 0.3 is 0 Å². The molecule has 170 valence electrons. The van der Waals surface area contributed by atoms with Gasteiger partial charge in [0.2, 0.25) is 0 Å². The van der Waals surface area contributed by atoms with Gasteiger partial charge in [-0.2, -0.15) is 5.26 Å². The van der Waals surface area contributed by atoms with Crippen molar-refractivity contribution in [3.05, 3.63) is 71.8 Å². The third kappa shape index (κ3) is 5.05. The number of rotatable bonds is 6. The molecule has 1 aliphatic rings. The summed E-state index contributed by atoms with van der Waals surface area (Å²) in [5.41, 5.74) is 7.53. The maximum absolute atomic E-state index is 9.32. The molecule has 1 fully saturated rings. The molecule has 3 aromatic rings. The smallest absolute Gasteiger partial charge is 0.127 e. The Labute approximate surface area is 197 Å². The van der Waals surface area contributed by atoms with Crippen molar-refractivity contribution in [1.82, 2.24) is 0 Å². The van der Waals surface area contributed by atoms with E-state index in [0.29, 0.717) is 5.56 Å². The molecule has 4 heteroatoms. The highest BCUT2D eigenvalue weighted by Gasteiger charge is 2.24. The quantitative estimate of drug-likeness (QED) is 0.499. The van der Waals surface area contributed by atoms with Crippen molar-refractivity contribution in [3.8, 4) is 34.1 Å². The number of nitrogens with zero attached hydrogens (tertiary/aromatic N) is 2. The molecule has 0 amide bonds. The Morgan fingerprint density at radius 2 is 1.58 bits per heavy atom. The lowest BCUT2D eigenvalue weighted by Crippen LogP contribution is -2.23. The molecular weight excluding hydrogens is 408 g/mol. The van der Waals surface area contributed by atoms with Gasteiger partial charge in [0.05, 0.1) is 18.2 Å². The van der Waals surface area contributed by atoms with Gasteiger partial charge in [-0.3, -0.25) is 0 Å². The van der Waals surface area contributed by atoms with Crippen LogP contribution in [0.5, 0.6) is 5.75 Å². The monoisotopic (exact) mass is 440 g/mol. The lowest BCUT2D eigenvalue weighted by atomic mass is 9.83. The molecule has 4 rings (SSSR count). The van der Waals surface area contributed by atoms with E-state index in [1.54, 1.807) is 0 Å². The number of nitriles is 1. The number of benzene rings is 3. The summed E-state index contributed by atoms with van der Waals surface area (Å²) in [5, 5.41) is 18.4. The van der Waals surface area contributed by atoms with Crippen LogP contribution in [0.4, 0.5) is 5.69 Å². The van der Waals surface area contributed by atoms with E-state index in [1.165, 1.54) is 24.1 Å². The molecule has 1 heterocycles. The Bertz CT molecular complexity index is 1150. The van der Waals surface area contributed by atoms with Crippen LogP contribution in [0.2, 0.25) is 0 Å². The van der Waals surface area contributed by atoms with Gasteiger partial charge in [-0.05, 0) is 76.9 Å². The van der Waals surface area contributed by atoms with Gasteiger partial charge in [-0.1, -0.05) is 45.0 Å². The number of aliphatic hydroxyl groups excluding tert-OH is 1. The van der Waals surface area contributed by atoms with Crippen LogP contribution < -0.4 is 9.64 Å². The first kappa shape index (κ1) is 22.9. The summed E-state index contributed by atoms with van der Waals surface area (Å²) in [6.45, 7) is 9.24. The standard InChI is InChI=1S/C29H32N2O2/c1-29(2,3)26-19-24(10-12-27(26)31-14-4-5-15-31)25-18-23(11-13-28(25)33-17-16-32)22-8-6-21(20-30)7-9-22/h6-13,18-19,32H,4-5,14-17H2,1-3H3. The van der Waals surface area contributed by atoms with E-state index in [0.717, 1.165) is 41.1 Å². The molecule has 0 atom stereocenters. The van der Waals surface area contributed by atoms with Gasteiger partial charge in [0.15, 0.2) is 0 Å². The maximum Gasteiger partial charge on any atom is 0.127 e. The largest absolute Gasteiger partial charge is 0.491 e. The first-order chi connectivity index (χ1) is 15.9. The molecule has 0 aromatic heterocycles. The first-order valence-corrected chi connectivity index (χ1v) is 11.7. The summed E-state index contributed by atoms with van der Waals surface area (Å²) in [6.07, 6.45) is 2.49. The lowest BCUT2D eigenvalue weighted by Gasteiger charge is -2.29. The summed E-state index contributed by atoms with van der Waals surface area (Å²) in [4.78, 5) is 2.50. The zero-order valence-corrected chi connectivity index (χ0v) is 19.8. The van der Waals surface area contributed by atoms with Crippen molar-refractivity contribution in [3.63, 3.8) is 0 Å². The average Bonchev–Trinajstić information content (AvgIpc) is 3.37. The molecule has 0 bridgehead atoms. The van der Waals surface area contributed by atoms with Crippen LogP contribution in [0.25, 0.3) is 22.3 Å². The number of hydrogen-bond acceptors (Lipinski definition) is 4. The predicted molar refractivity (Wildman–Crippen MR) is 135 cm³/mol. The van der Waals surface area contributed by atoms with Gasteiger partial charge in [0.25, 0.3) is 0 Å². The van der Waals surface area contributed by atoms with Crippen LogP contribution in [0, 0.1) is 11.3 Å². The Morgan fingerprint density at radius 3 is 2.21 bits per heavy atom. The van der Waals surface area contributed by atoms with Crippen molar-refractivity contribution in [2.24, 2.45) is 0 Å². The summed E-state index contributed by atoms with van der Waals surface area (Å²) in [6, 6.07) is 22.7. The lowest BCUT2D eigenvalue weighted by molar-refractivity contribution is 0.202. The minimum Gasteiger partial charge on any atom is -0.491 e. The van der Waals surface area contributed by atoms with Crippen LogP contribution in [-0.4, -0.2) is 31.4 Å². The van der Waals surface area contributed by atoms with E-state index in [2.05, 4.69) is 56.0 Å². The van der Waals surface area contributed by atoms with Crippen molar-refractivity contribution < 1.29 is 9.84 Å². The Hall–Kier alpha value is -3.29. The van der Waals surface area contributed by atoms with Gasteiger partial charge < -0.3 is 14.7 Å². The summed E-state index contributed by atoms with van der Waals surface area (Å²) in [7, 11) is 0. The zero-order valence-electron chi connectivity index (χ0n) is 19.8. The summed E-state index contributed by atoms with van der Waals surface area (Å²) >= 11 is 0. The van der Waals surface area contributed by atoms with Gasteiger partial charge in [0.1, 0.15) is 12.4 Å². The second-order valence-electron chi connectivity index (χ2n) is 9.65. The highest BCUT2D eigenvalue weighted by Crippen LogP contribution is 2.40. The summed E-state index contributed by atoms with van der Waals surface area (Å²) < 4.78 is 5.92. The Balaban J connectivity index is 1.82. The molecule has 0 unspecified atom stereocenters. The molecule has 3 aromatic carbocycles. The van der Waals surface area contributed by atoms with Crippen LogP contribution in [0.15, 0.2) is 60.7 Å². The number of aliphatic hydroxyl groups is 1. The van der Waals surface area contributed by atoms with Crippen molar-refractivity contribution in [1.29, 1.82) is 5.26 Å². The number of ether oxygens (including phenoxy) is 1. The molecule has 0 saturated carbocycles. The van der Waals surface area contributed by atoms with Crippen LogP contribution in [0.1, 0.15) is 44.7 Å². The summed E-state index contributed by atoms with van der Waals surface area (Å²) in [5.74, 6) is 0.759. The molecule has 0 spiro atoms. The SMILES string of the molecule is CC(C)(C)c1cc(-c2cc(-c3ccc(C#N)cc3)ccc2OCCO)ccc1N1CCCC1. The van der Waals surface area contributed by atoms with Gasteiger partial charge in [-0.25, -0.2) is 0 Å². The second kappa shape index (κ2) is 9.68. The molecule has 4 nitrogen and oxygen atoms in total. The van der Waals surface area contributed by atoms with E-state index in [-0.39, 0.29) is 18.6 Å². The highest BCUT2D eigenvalue weighted by molar-refractivity contribution is 5.80. The predicted octanol–water partition coefficient (Wildman–Crippen LogP) is 6.16. The molecule has 1 N–H and O–H groups in total. The van der Waals surface area contributed by atoms with Gasteiger partial charge in [0, 0.05) is 24.3 Å².